The minimum Gasteiger partial charge on any atom is -0.352 e. The first-order valence-corrected chi connectivity index (χ1v) is 6.80. The van der Waals surface area contributed by atoms with Crippen LogP contribution in [0.15, 0.2) is 59.1 Å². The van der Waals surface area contributed by atoms with Crippen molar-refractivity contribution in [2.75, 3.05) is 0 Å². The average Bonchev–Trinajstić information content (AvgIpc) is 2.90. The van der Waals surface area contributed by atoms with Crippen molar-refractivity contribution < 1.29 is 9.32 Å². The molecule has 0 aliphatic heterocycles. The van der Waals surface area contributed by atoms with Crippen LogP contribution < -0.4 is 0 Å². The molecule has 0 aliphatic rings. The predicted molar refractivity (Wildman–Crippen MR) is 82.1 cm³/mol. The molecule has 0 amide bonds. The van der Waals surface area contributed by atoms with Gasteiger partial charge in [0.05, 0.1) is 11.3 Å². The Morgan fingerprint density at radius 2 is 1.48 bits per heavy atom. The summed E-state index contributed by atoms with van der Waals surface area (Å²) in [6, 6.07) is 18.2. The Balaban J connectivity index is 2.03. The summed E-state index contributed by atoms with van der Waals surface area (Å²) >= 11 is 0. The number of carbonyl (C=O) groups is 1. The number of ketones is 1. The quantitative estimate of drug-likeness (QED) is 0.661. The van der Waals surface area contributed by atoms with E-state index >= 15 is 0 Å². The minimum absolute atomic E-state index is 0.113. The Kier molecular flexibility index (Phi) is 3.40. The number of carbonyl (C=O) groups excluding carboxylic acids is 1. The molecule has 0 bridgehead atoms. The highest BCUT2D eigenvalue weighted by atomic mass is 16.5. The molecule has 3 rings (SSSR count). The van der Waals surface area contributed by atoms with Crippen LogP contribution in [0, 0.1) is 6.92 Å². The maximum atomic E-state index is 11.6. The van der Waals surface area contributed by atoms with Gasteiger partial charge in [-0.3, -0.25) is 4.79 Å². The minimum atomic E-state index is -0.113. The number of aryl methyl sites for hydroxylation is 1. The maximum Gasteiger partial charge on any atom is 0.210 e. The second-order valence-corrected chi connectivity index (χ2v) is 4.97. The molecule has 0 saturated heterocycles. The zero-order valence-electron chi connectivity index (χ0n) is 12.0. The van der Waals surface area contributed by atoms with Crippen LogP contribution in [0.25, 0.3) is 22.3 Å². The Hall–Kier alpha value is -2.68. The van der Waals surface area contributed by atoms with Crippen molar-refractivity contribution in [2.45, 2.75) is 13.8 Å². The number of rotatable bonds is 3. The van der Waals surface area contributed by atoms with Gasteiger partial charge in [-0.05, 0) is 23.6 Å². The molecule has 1 heterocycles. The summed E-state index contributed by atoms with van der Waals surface area (Å²) in [6.07, 6.45) is 0. The third-order valence-electron chi connectivity index (χ3n) is 3.46. The van der Waals surface area contributed by atoms with Gasteiger partial charge in [0, 0.05) is 6.92 Å². The second-order valence-electron chi connectivity index (χ2n) is 4.97. The second kappa shape index (κ2) is 5.37. The number of benzene rings is 2. The molecule has 2 aromatic carbocycles. The summed E-state index contributed by atoms with van der Waals surface area (Å²) in [6.45, 7) is 3.33. The summed E-state index contributed by atoms with van der Waals surface area (Å²) in [7, 11) is 0. The molecule has 21 heavy (non-hydrogen) atoms. The molecule has 0 saturated carbocycles. The van der Waals surface area contributed by atoms with Crippen molar-refractivity contribution in [3.05, 3.63) is 66.1 Å². The van der Waals surface area contributed by atoms with Crippen LogP contribution in [0.1, 0.15) is 23.2 Å². The SMILES string of the molecule is CC(=O)c1onc(C)c1-c1ccc(-c2ccccc2)cc1. The van der Waals surface area contributed by atoms with Crippen LogP contribution in [0.3, 0.4) is 0 Å². The van der Waals surface area contributed by atoms with E-state index < -0.39 is 0 Å². The van der Waals surface area contributed by atoms with E-state index in [1.54, 1.807) is 0 Å². The number of Topliss-reactive ketones (excluding diaryl/α,β-unsaturated/α-hetero) is 1. The Labute approximate surface area is 123 Å². The van der Waals surface area contributed by atoms with Gasteiger partial charge in [-0.25, -0.2) is 0 Å². The van der Waals surface area contributed by atoms with Gasteiger partial charge < -0.3 is 4.52 Å². The predicted octanol–water partition coefficient (Wildman–Crippen LogP) is 4.52. The summed E-state index contributed by atoms with van der Waals surface area (Å²) in [5.74, 6) is 0.206. The zero-order valence-corrected chi connectivity index (χ0v) is 12.0. The van der Waals surface area contributed by atoms with Crippen LogP contribution in [-0.4, -0.2) is 10.9 Å². The van der Waals surface area contributed by atoms with Gasteiger partial charge in [0.25, 0.3) is 0 Å². The van der Waals surface area contributed by atoms with Crippen molar-refractivity contribution in [1.82, 2.24) is 5.16 Å². The summed E-state index contributed by atoms with van der Waals surface area (Å²) in [5, 5.41) is 3.90. The Morgan fingerprint density at radius 3 is 2.10 bits per heavy atom. The van der Waals surface area contributed by atoms with E-state index in [-0.39, 0.29) is 5.78 Å². The fourth-order valence-corrected chi connectivity index (χ4v) is 2.41. The van der Waals surface area contributed by atoms with E-state index in [0.29, 0.717) is 5.76 Å². The molecule has 3 nitrogen and oxygen atoms in total. The van der Waals surface area contributed by atoms with E-state index in [9.17, 15) is 4.79 Å². The average molecular weight is 277 g/mol. The van der Waals surface area contributed by atoms with Crippen molar-refractivity contribution in [3.8, 4) is 22.3 Å². The van der Waals surface area contributed by atoms with Gasteiger partial charge in [0.15, 0.2) is 5.78 Å². The molecule has 0 fully saturated rings. The first-order chi connectivity index (χ1) is 10.2. The number of nitrogens with zero attached hydrogens (tertiary/aromatic N) is 1. The molecule has 0 N–H and O–H groups in total. The molecule has 104 valence electrons. The monoisotopic (exact) mass is 277 g/mol. The maximum absolute atomic E-state index is 11.6. The third-order valence-corrected chi connectivity index (χ3v) is 3.46. The number of hydrogen-bond acceptors (Lipinski definition) is 3. The van der Waals surface area contributed by atoms with Crippen molar-refractivity contribution in [1.29, 1.82) is 0 Å². The van der Waals surface area contributed by atoms with Gasteiger partial charge in [-0.15, -0.1) is 0 Å². The van der Waals surface area contributed by atoms with Gasteiger partial charge in [-0.1, -0.05) is 59.8 Å². The van der Waals surface area contributed by atoms with E-state index in [2.05, 4.69) is 17.3 Å². The van der Waals surface area contributed by atoms with E-state index in [1.807, 2.05) is 49.4 Å². The summed E-state index contributed by atoms with van der Waals surface area (Å²) < 4.78 is 5.13. The van der Waals surface area contributed by atoms with Gasteiger partial charge in [0.1, 0.15) is 0 Å². The molecule has 0 aliphatic carbocycles. The Morgan fingerprint density at radius 1 is 0.905 bits per heavy atom. The number of aromatic nitrogens is 1. The summed E-state index contributed by atoms with van der Waals surface area (Å²) in [4.78, 5) is 11.6. The Bertz CT molecular complexity index is 771. The van der Waals surface area contributed by atoms with Crippen LogP contribution in [0.2, 0.25) is 0 Å². The third kappa shape index (κ3) is 2.50. The fourth-order valence-electron chi connectivity index (χ4n) is 2.41. The van der Waals surface area contributed by atoms with Crippen LogP contribution in [0.4, 0.5) is 0 Å². The van der Waals surface area contributed by atoms with Gasteiger partial charge in [0.2, 0.25) is 5.76 Å². The van der Waals surface area contributed by atoms with Crippen LogP contribution in [-0.2, 0) is 0 Å². The van der Waals surface area contributed by atoms with Gasteiger partial charge in [-0.2, -0.15) is 0 Å². The molecule has 3 aromatic rings. The molecular weight excluding hydrogens is 262 g/mol. The highest BCUT2D eigenvalue weighted by Crippen LogP contribution is 2.29. The van der Waals surface area contributed by atoms with E-state index in [1.165, 1.54) is 6.92 Å². The lowest BCUT2D eigenvalue weighted by atomic mass is 9.98. The topological polar surface area (TPSA) is 43.1 Å². The lowest BCUT2D eigenvalue weighted by Gasteiger charge is -2.04. The standard InChI is InChI=1S/C18H15NO2/c1-12-17(18(13(2)20)21-19-12)16-10-8-15(9-11-16)14-6-4-3-5-7-14/h3-11H,1-2H3. The molecule has 0 spiro atoms. The molecule has 1 aromatic heterocycles. The molecular formula is C18H15NO2. The summed E-state index contributed by atoms with van der Waals surface area (Å²) in [5.41, 5.74) is 4.75. The van der Waals surface area contributed by atoms with E-state index in [0.717, 1.165) is 27.9 Å². The lowest BCUT2D eigenvalue weighted by molar-refractivity contribution is 0.0979. The van der Waals surface area contributed by atoms with E-state index in [4.69, 9.17) is 4.52 Å². The molecule has 0 radical (unpaired) electrons. The van der Waals surface area contributed by atoms with Gasteiger partial charge >= 0.3 is 0 Å². The smallest absolute Gasteiger partial charge is 0.210 e. The first-order valence-electron chi connectivity index (χ1n) is 6.80. The zero-order chi connectivity index (χ0) is 14.8. The lowest BCUT2D eigenvalue weighted by Crippen LogP contribution is -1.93. The van der Waals surface area contributed by atoms with Crippen molar-refractivity contribution >= 4 is 5.78 Å². The normalized spacial score (nSPS) is 10.6. The molecule has 3 heteroatoms. The highest BCUT2D eigenvalue weighted by molar-refractivity contribution is 5.98. The largest absolute Gasteiger partial charge is 0.352 e. The van der Waals surface area contributed by atoms with Crippen molar-refractivity contribution in [2.24, 2.45) is 0 Å². The van der Waals surface area contributed by atoms with Crippen LogP contribution >= 0.6 is 0 Å². The molecule has 0 unspecified atom stereocenters. The van der Waals surface area contributed by atoms with Crippen LogP contribution in [0.5, 0.6) is 0 Å². The molecule has 0 atom stereocenters. The first kappa shape index (κ1) is 13.3. The number of hydrogen-bond donors (Lipinski definition) is 0. The fraction of sp³-hybridized carbons (Fsp3) is 0.111. The van der Waals surface area contributed by atoms with Crippen molar-refractivity contribution in [3.63, 3.8) is 0 Å². The highest BCUT2D eigenvalue weighted by Gasteiger charge is 2.18.